The van der Waals surface area contributed by atoms with Crippen LogP contribution in [0.1, 0.15) is 11.5 Å². The van der Waals surface area contributed by atoms with E-state index in [2.05, 4.69) is 10.1 Å². The second-order valence-corrected chi connectivity index (χ2v) is 8.06. The predicted octanol–water partition coefficient (Wildman–Crippen LogP) is 1.22. The first-order valence-corrected chi connectivity index (χ1v) is 9.51. The molecule has 3 heterocycles. The number of sulfonamides is 1. The quantitative estimate of drug-likeness (QED) is 0.805. The summed E-state index contributed by atoms with van der Waals surface area (Å²) < 4.78 is 42.8. The third-order valence-corrected chi connectivity index (χ3v) is 6.27. The fraction of sp³-hybridized carbons (Fsp3) is 0.438. The third kappa shape index (κ3) is 3.22. The first kappa shape index (κ1) is 16.4. The summed E-state index contributed by atoms with van der Waals surface area (Å²) in [5, 5.41) is 3.98. The van der Waals surface area contributed by atoms with Gasteiger partial charge in [-0.25, -0.2) is 8.42 Å². The maximum Gasteiger partial charge on any atom is 0.243 e. The maximum atomic E-state index is 12.8. The Morgan fingerprint density at radius 3 is 2.56 bits per heavy atom. The number of hydrogen-bond acceptors (Lipinski definition) is 7. The highest BCUT2D eigenvalue weighted by molar-refractivity contribution is 7.89. The van der Waals surface area contributed by atoms with Crippen molar-refractivity contribution in [3.05, 3.63) is 35.7 Å². The van der Waals surface area contributed by atoms with Crippen LogP contribution < -0.4 is 9.47 Å². The van der Waals surface area contributed by atoms with E-state index in [0.29, 0.717) is 44.2 Å². The lowest BCUT2D eigenvalue weighted by Gasteiger charge is -2.33. The van der Waals surface area contributed by atoms with E-state index in [9.17, 15) is 8.42 Å². The van der Waals surface area contributed by atoms with Gasteiger partial charge in [0, 0.05) is 44.9 Å². The van der Waals surface area contributed by atoms with E-state index in [-0.39, 0.29) is 11.7 Å². The van der Waals surface area contributed by atoms with Crippen molar-refractivity contribution in [2.45, 2.75) is 18.4 Å². The summed E-state index contributed by atoms with van der Waals surface area (Å²) in [4.78, 5) is 2.40. The van der Waals surface area contributed by atoms with E-state index in [4.69, 9.17) is 14.0 Å². The lowest BCUT2D eigenvalue weighted by atomic mass is 10.3. The number of benzene rings is 1. The Hall–Kier alpha value is -2.10. The van der Waals surface area contributed by atoms with Crippen molar-refractivity contribution in [1.82, 2.24) is 14.4 Å². The van der Waals surface area contributed by atoms with Gasteiger partial charge < -0.3 is 14.0 Å². The number of aromatic nitrogens is 1. The van der Waals surface area contributed by atoms with Gasteiger partial charge in [0.15, 0.2) is 11.5 Å². The SMILES string of the molecule is Cc1cc(CN2CCN(S(=O)(=O)c3ccc4c(c3)OCO4)CC2)no1. The molecule has 25 heavy (non-hydrogen) atoms. The fourth-order valence-corrected chi connectivity index (χ4v) is 4.47. The zero-order valence-corrected chi connectivity index (χ0v) is 14.7. The van der Waals surface area contributed by atoms with Gasteiger partial charge in [-0.1, -0.05) is 5.16 Å². The van der Waals surface area contributed by atoms with Gasteiger partial charge in [0.05, 0.1) is 10.6 Å². The van der Waals surface area contributed by atoms with E-state index in [1.807, 2.05) is 13.0 Å². The van der Waals surface area contributed by atoms with E-state index in [1.54, 1.807) is 12.1 Å². The molecule has 0 bridgehead atoms. The average molecular weight is 365 g/mol. The molecule has 0 aliphatic carbocycles. The number of hydrogen-bond donors (Lipinski definition) is 0. The van der Waals surface area contributed by atoms with Crippen LogP contribution in [0.4, 0.5) is 0 Å². The van der Waals surface area contributed by atoms with Gasteiger partial charge in [-0.2, -0.15) is 4.31 Å². The summed E-state index contributed by atoms with van der Waals surface area (Å²) in [6.45, 7) is 4.81. The van der Waals surface area contributed by atoms with E-state index in [0.717, 1.165) is 11.5 Å². The highest BCUT2D eigenvalue weighted by atomic mass is 32.2. The molecule has 0 amide bonds. The minimum atomic E-state index is -3.54. The molecule has 1 fully saturated rings. The molecule has 1 aromatic heterocycles. The Kier molecular flexibility index (Phi) is 4.14. The van der Waals surface area contributed by atoms with Crippen LogP contribution in [-0.4, -0.2) is 55.8 Å². The second-order valence-electron chi connectivity index (χ2n) is 6.12. The van der Waals surface area contributed by atoms with Crippen LogP contribution in [0.2, 0.25) is 0 Å². The van der Waals surface area contributed by atoms with Crippen molar-refractivity contribution < 1.29 is 22.4 Å². The molecule has 4 rings (SSSR count). The Morgan fingerprint density at radius 1 is 1.08 bits per heavy atom. The molecule has 2 aliphatic heterocycles. The summed E-state index contributed by atoms with van der Waals surface area (Å²) in [7, 11) is -3.54. The van der Waals surface area contributed by atoms with E-state index < -0.39 is 10.0 Å². The van der Waals surface area contributed by atoms with Gasteiger partial charge in [0.1, 0.15) is 5.76 Å². The minimum absolute atomic E-state index is 0.124. The fourth-order valence-electron chi connectivity index (χ4n) is 3.04. The smallest absolute Gasteiger partial charge is 0.243 e. The summed E-state index contributed by atoms with van der Waals surface area (Å²) in [6.07, 6.45) is 0. The Balaban J connectivity index is 1.42. The first-order chi connectivity index (χ1) is 12.0. The summed E-state index contributed by atoms with van der Waals surface area (Å²) in [6, 6.07) is 6.63. The van der Waals surface area contributed by atoms with Gasteiger partial charge in [-0.05, 0) is 19.1 Å². The summed E-state index contributed by atoms with van der Waals surface area (Å²) in [5.74, 6) is 1.83. The molecular weight excluding hydrogens is 346 g/mol. The Labute approximate surface area is 146 Å². The Morgan fingerprint density at radius 2 is 1.84 bits per heavy atom. The highest BCUT2D eigenvalue weighted by Gasteiger charge is 2.30. The van der Waals surface area contributed by atoms with Crippen LogP contribution in [0.25, 0.3) is 0 Å². The molecule has 9 heteroatoms. The molecule has 1 aromatic carbocycles. The van der Waals surface area contributed by atoms with Crippen molar-refractivity contribution >= 4 is 10.0 Å². The zero-order valence-electron chi connectivity index (χ0n) is 13.8. The highest BCUT2D eigenvalue weighted by Crippen LogP contribution is 2.34. The van der Waals surface area contributed by atoms with Crippen LogP contribution in [-0.2, 0) is 16.6 Å². The molecule has 1 saturated heterocycles. The predicted molar refractivity (Wildman–Crippen MR) is 87.8 cm³/mol. The lowest BCUT2D eigenvalue weighted by molar-refractivity contribution is 0.173. The van der Waals surface area contributed by atoms with Gasteiger partial charge >= 0.3 is 0 Å². The van der Waals surface area contributed by atoms with Crippen LogP contribution >= 0.6 is 0 Å². The van der Waals surface area contributed by atoms with Crippen LogP contribution in [0.3, 0.4) is 0 Å². The number of fused-ring (bicyclic) bond motifs is 1. The first-order valence-electron chi connectivity index (χ1n) is 8.07. The third-order valence-electron chi connectivity index (χ3n) is 4.38. The molecule has 134 valence electrons. The van der Waals surface area contributed by atoms with E-state index in [1.165, 1.54) is 10.4 Å². The van der Waals surface area contributed by atoms with Crippen molar-refractivity contribution in [3.63, 3.8) is 0 Å². The molecule has 0 unspecified atom stereocenters. The largest absolute Gasteiger partial charge is 0.454 e. The summed E-state index contributed by atoms with van der Waals surface area (Å²) >= 11 is 0. The van der Waals surface area contributed by atoms with Gasteiger partial charge in [0.25, 0.3) is 0 Å². The number of aryl methyl sites for hydroxylation is 1. The minimum Gasteiger partial charge on any atom is -0.454 e. The molecule has 2 aliphatic rings. The molecule has 0 atom stereocenters. The topological polar surface area (TPSA) is 85.1 Å². The van der Waals surface area contributed by atoms with Crippen molar-refractivity contribution in [3.8, 4) is 11.5 Å². The number of rotatable bonds is 4. The number of ether oxygens (including phenoxy) is 2. The average Bonchev–Trinajstić information content (AvgIpc) is 3.23. The van der Waals surface area contributed by atoms with Crippen molar-refractivity contribution in [2.24, 2.45) is 0 Å². The second kappa shape index (κ2) is 6.32. The Bertz CT molecular complexity index is 872. The van der Waals surface area contributed by atoms with Crippen molar-refractivity contribution in [1.29, 1.82) is 0 Å². The van der Waals surface area contributed by atoms with Crippen molar-refractivity contribution in [2.75, 3.05) is 33.0 Å². The van der Waals surface area contributed by atoms with E-state index >= 15 is 0 Å². The standard InChI is InChI=1S/C16H19N3O5S/c1-12-8-13(17-24-12)10-18-4-6-19(7-5-18)25(20,21)14-2-3-15-16(9-14)23-11-22-15/h2-3,8-9H,4-7,10-11H2,1H3. The van der Waals surface area contributed by atoms with Crippen LogP contribution in [0, 0.1) is 6.92 Å². The summed E-state index contributed by atoms with van der Waals surface area (Å²) in [5.41, 5.74) is 0.865. The normalized spacial score (nSPS) is 18.6. The molecule has 0 spiro atoms. The monoisotopic (exact) mass is 365 g/mol. The number of piperazine rings is 1. The van der Waals surface area contributed by atoms with Gasteiger partial charge in [0.2, 0.25) is 16.8 Å². The molecular formula is C16H19N3O5S. The maximum absolute atomic E-state index is 12.8. The molecule has 8 nitrogen and oxygen atoms in total. The lowest BCUT2D eigenvalue weighted by Crippen LogP contribution is -2.48. The molecule has 0 saturated carbocycles. The number of nitrogens with zero attached hydrogens (tertiary/aromatic N) is 3. The van der Waals surface area contributed by atoms with Crippen LogP contribution in [0.5, 0.6) is 11.5 Å². The van der Waals surface area contributed by atoms with Crippen LogP contribution in [0.15, 0.2) is 33.7 Å². The zero-order chi connectivity index (χ0) is 17.4. The van der Waals surface area contributed by atoms with Gasteiger partial charge in [-0.3, -0.25) is 4.90 Å². The van der Waals surface area contributed by atoms with Gasteiger partial charge in [-0.15, -0.1) is 0 Å². The molecule has 2 aromatic rings. The molecule has 0 radical (unpaired) electrons. The molecule has 0 N–H and O–H groups in total.